The van der Waals surface area contributed by atoms with Crippen LogP contribution in [0.5, 0.6) is 0 Å². The van der Waals surface area contributed by atoms with Crippen LogP contribution in [0.1, 0.15) is 30.0 Å². The fourth-order valence-corrected chi connectivity index (χ4v) is 3.69. The van der Waals surface area contributed by atoms with E-state index in [1.54, 1.807) is 24.5 Å². The number of amides is 1. The van der Waals surface area contributed by atoms with Crippen molar-refractivity contribution >= 4 is 5.91 Å². The van der Waals surface area contributed by atoms with Crippen LogP contribution in [0.4, 0.5) is 4.39 Å². The van der Waals surface area contributed by atoms with Gasteiger partial charge in [0.1, 0.15) is 5.82 Å². The van der Waals surface area contributed by atoms with E-state index in [9.17, 15) is 9.18 Å². The summed E-state index contributed by atoms with van der Waals surface area (Å²) in [6.45, 7) is 1.47. The number of hydrogen-bond donors (Lipinski definition) is 0. The first kappa shape index (κ1) is 18.3. The van der Waals surface area contributed by atoms with Crippen LogP contribution in [0.15, 0.2) is 67.0 Å². The van der Waals surface area contributed by atoms with Gasteiger partial charge in [0.15, 0.2) is 0 Å². The van der Waals surface area contributed by atoms with E-state index in [2.05, 4.69) is 4.98 Å². The summed E-state index contributed by atoms with van der Waals surface area (Å²) in [7, 11) is 0. The lowest BCUT2D eigenvalue weighted by atomic mass is 9.93. The molecule has 1 fully saturated rings. The van der Waals surface area contributed by atoms with E-state index < -0.39 is 0 Å². The van der Waals surface area contributed by atoms with E-state index in [-0.39, 0.29) is 17.6 Å². The number of likely N-dealkylation sites (tertiary alicyclic amines) is 1. The molecule has 1 saturated heterocycles. The summed E-state index contributed by atoms with van der Waals surface area (Å²) >= 11 is 0. The maximum absolute atomic E-state index is 13.2. The number of carbonyl (C=O) groups is 1. The van der Waals surface area contributed by atoms with Crippen LogP contribution in [-0.2, 0) is 11.2 Å². The van der Waals surface area contributed by atoms with Crippen LogP contribution < -0.4 is 0 Å². The molecule has 1 amide bonds. The van der Waals surface area contributed by atoms with Crippen LogP contribution in [0.2, 0.25) is 0 Å². The predicted molar refractivity (Wildman–Crippen MR) is 106 cm³/mol. The first-order chi connectivity index (χ1) is 13.7. The van der Waals surface area contributed by atoms with E-state index in [0.29, 0.717) is 13.0 Å². The number of aromatic nitrogens is 2. The van der Waals surface area contributed by atoms with Crippen LogP contribution in [-0.4, -0.2) is 33.9 Å². The Balaban J connectivity index is 1.48. The molecule has 0 bridgehead atoms. The Morgan fingerprint density at radius 2 is 1.86 bits per heavy atom. The molecule has 1 aromatic carbocycles. The lowest BCUT2D eigenvalue weighted by Crippen LogP contribution is -2.40. The molecular formula is C23H22FN3O. The molecule has 0 saturated carbocycles. The Morgan fingerprint density at radius 1 is 1.07 bits per heavy atom. The highest BCUT2D eigenvalue weighted by atomic mass is 19.1. The van der Waals surface area contributed by atoms with Crippen molar-refractivity contribution in [1.29, 1.82) is 0 Å². The molecule has 4 rings (SSSR count). The number of halogens is 1. The largest absolute Gasteiger partial charge is 0.342 e. The second kappa shape index (κ2) is 8.30. The van der Waals surface area contributed by atoms with Gasteiger partial charge in [-0.3, -0.25) is 14.8 Å². The third kappa shape index (κ3) is 4.25. The van der Waals surface area contributed by atoms with Crippen molar-refractivity contribution in [2.24, 2.45) is 0 Å². The van der Waals surface area contributed by atoms with Gasteiger partial charge in [-0.05, 0) is 66.9 Å². The monoisotopic (exact) mass is 375 g/mol. The molecule has 5 heteroatoms. The normalized spacial score (nSPS) is 16.8. The van der Waals surface area contributed by atoms with Gasteiger partial charge in [-0.15, -0.1) is 0 Å². The molecular weight excluding hydrogens is 353 g/mol. The summed E-state index contributed by atoms with van der Waals surface area (Å²) in [4.78, 5) is 23.5. The maximum Gasteiger partial charge on any atom is 0.227 e. The Hall–Kier alpha value is -3.08. The summed E-state index contributed by atoms with van der Waals surface area (Å²) in [6, 6.07) is 16.1. The summed E-state index contributed by atoms with van der Waals surface area (Å²) in [5, 5.41) is 0. The standard InChI is InChI=1S/C23H22FN3O/c24-20-8-6-18(7-9-20)21-4-1-5-22(26-21)19-3-2-14-27(16-19)23(28)15-17-10-12-25-13-11-17/h1,4-13,19H,2-3,14-16H2/t19-/m1/s1. The summed E-state index contributed by atoms with van der Waals surface area (Å²) in [5.41, 5.74) is 3.70. The van der Waals surface area contributed by atoms with E-state index in [1.165, 1.54) is 12.1 Å². The molecule has 1 aliphatic heterocycles. The minimum Gasteiger partial charge on any atom is -0.342 e. The number of nitrogens with zero attached hydrogens (tertiary/aromatic N) is 3. The maximum atomic E-state index is 13.2. The SMILES string of the molecule is O=C(Cc1ccncc1)N1CCC[C@@H](c2cccc(-c3ccc(F)cc3)n2)C1. The van der Waals surface area contributed by atoms with Crippen molar-refractivity contribution in [3.05, 3.63) is 84.1 Å². The Labute approximate surface area is 164 Å². The van der Waals surface area contributed by atoms with E-state index >= 15 is 0 Å². The minimum atomic E-state index is -0.254. The number of piperidine rings is 1. The molecule has 0 spiro atoms. The molecule has 3 aromatic rings. The smallest absolute Gasteiger partial charge is 0.227 e. The Kier molecular flexibility index (Phi) is 5.42. The summed E-state index contributed by atoms with van der Waals surface area (Å²) in [6.07, 6.45) is 5.81. The van der Waals surface area contributed by atoms with Crippen molar-refractivity contribution in [3.8, 4) is 11.3 Å². The number of hydrogen-bond acceptors (Lipinski definition) is 3. The van der Waals surface area contributed by atoms with Gasteiger partial charge in [-0.2, -0.15) is 0 Å². The first-order valence-corrected chi connectivity index (χ1v) is 9.58. The zero-order valence-electron chi connectivity index (χ0n) is 15.6. The predicted octanol–water partition coefficient (Wildman–Crippen LogP) is 4.23. The zero-order valence-corrected chi connectivity index (χ0v) is 15.6. The van der Waals surface area contributed by atoms with E-state index in [1.807, 2.05) is 35.2 Å². The molecule has 1 atom stereocenters. The second-order valence-corrected chi connectivity index (χ2v) is 7.17. The first-order valence-electron chi connectivity index (χ1n) is 9.58. The molecule has 0 aliphatic carbocycles. The average Bonchev–Trinajstić information content (AvgIpc) is 2.75. The van der Waals surface area contributed by atoms with Crippen molar-refractivity contribution in [2.75, 3.05) is 13.1 Å². The van der Waals surface area contributed by atoms with E-state index in [0.717, 1.165) is 41.9 Å². The van der Waals surface area contributed by atoms with Crippen molar-refractivity contribution in [1.82, 2.24) is 14.9 Å². The molecule has 28 heavy (non-hydrogen) atoms. The van der Waals surface area contributed by atoms with Crippen LogP contribution in [0.3, 0.4) is 0 Å². The lowest BCUT2D eigenvalue weighted by molar-refractivity contribution is -0.131. The minimum absolute atomic E-state index is 0.144. The van der Waals surface area contributed by atoms with Gasteiger partial charge in [0.2, 0.25) is 5.91 Å². The number of pyridine rings is 2. The van der Waals surface area contributed by atoms with Gasteiger partial charge in [0.05, 0.1) is 12.1 Å². The van der Waals surface area contributed by atoms with Crippen LogP contribution >= 0.6 is 0 Å². The molecule has 0 radical (unpaired) electrons. The quantitative estimate of drug-likeness (QED) is 0.685. The van der Waals surface area contributed by atoms with E-state index in [4.69, 9.17) is 4.98 Å². The molecule has 0 unspecified atom stereocenters. The van der Waals surface area contributed by atoms with Crippen molar-refractivity contribution < 1.29 is 9.18 Å². The van der Waals surface area contributed by atoms with Gasteiger partial charge in [-0.25, -0.2) is 4.39 Å². The van der Waals surface area contributed by atoms with Crippen molar-refractivity contribution in [2.45, 2.75) is 25.2 Å². The Morgan fingerprint density at radius 3 is 2.64 bits per heavy atom. The van der Waals surface area contributed by atoms with Gasteiger partial charge in [0, 0.05) is 42.7 Å². The summed E-state index contributed by atoms with van der Waals surface area (Å²) < 4.78 is 13.2. The van der Waals surface area contributed by atoms with Crippen LogP contribution in [0.25, 0.3) is 11.3 Å². The molecule has 2 aromatic heterocycles. The fourth-order valence-electron chi connectivity index (χ4n) is 3.69. The zero-order chi connectivity index (χ0) is 19.3. The van der Waals surface area contributed by atoms with Gasteiger partial charge < -0.3 is 4.90 Å². The number of carbonyl (C=O) groups excluding carboxylic acids is 1. The Bertz CT molecular complexity index is 944. The highest BCUT2D eigenvalue weighted by Gasteiger charge is 2.25. The van der Waals surface area contributed by atoms with Gasteiger partial charge in [-0.1, -0.05) is 6.07 Å². The van der Waals surface area contributed by atoms with Crippen LogP contribution in [0, 0.1) is 5.82 Å². The molecule has 4 nitrogen and oxygen atoms in total. The molecule has 142 valence electrons. The molecule has 3 heterocycles. The molecule has 0 N–H and O–H groups in total. The second-order valence-electron chi connectivity index (χ2n) is 7.17. The fraction of sp³-hybridized carbons (Fsp3) is 0.261. The third-order valence-electron chi connectivity index (χ3n) is 5.21. The highest BCUT2D eigenvalue weighted by molar-refractivity contribution is 5.79. The summed E-state index contributed by atoms with van der Waals surface area (Å²) in [5.74, 6) is 0.108. The van der Waals surface area contributed by atoms with Gasteiger partial charge in [0.25, 0.3) is 0 Å². The number of benzene rings is 1. The third-order valence-corrected chi connectivity index (χ3v) is 5.21. The topological polar surface area (TPSA) is 46.1 Å². The molecule has 1 aliphatic rings. The van der Waals surface area contributed by atoms with Crippen molar-refractivity contribution in [3.63, 3.8) is 0 Å². The van der Waals surface area contributed by atoms with Gasteiger partial charge >= 0.3 is 0 Å². The highest BCUT2D eigenvalue weighted by Crippen LogP contribution is 2.28. The lowest BCUT2D eigenvalue weighted by Gasteiger charge is -2.32. The number of rotatable bonds is 4. The average molecular weight is 375 g/mol.